The number of carbonyl (C=O) groups is 3. The summed E-state index contributed by atoms with van der Waals surface area (Å²) in [5.74, 6) is -0.894. The number of aromatic carboxylic acids is 1. The van der Waals surface area contributed by atoms with Gasteiger partial charge < -0.3 is 26.2 Å². The van der Waals surface area contributed by atoms with Crippen LogP contribution in [-0.2, 0) is 42.0 Å². The van der Waals surface area contributed by atoms with E-state index in [1.807, 2.05) is 52.0 Å². The number of nitrogens with zero attached hydrogens (tertiary/aromatic N) is 1. The zero-order valence-corrected chi connectivity index (χ0v) is 25.3. The number of carboxylic acid groups (broad SMARTS) is 1. The molecule has 3 aromatic rings. The second-order valence-electron chi connectivity index (χ2n) is 11.8. The van der Waals surface area contributed by atoms with Crippen LogP contribution in [0.25, 0.3) is 11.1 Å². The molecule has 0 saturated heterocycles. The van der Waals surface area contributed by atoms with E-state index in [-0.39, 0.29) is 31.0 Å². The molecular weight excluding hydrogens is 532 g/mol. The van der Waals surface area contributed by atoms with E-state index >= 15 is 0 Å². The normalized spacial score (nSPS) is 11.3. The molecule has 0 aliphatic carbocycles. The number of aryl methyl sites for hydroxylation is 1. The van der Waals surface area contributed by atoms with Gasteiger partial charge in [-0.1, -0.05) is 50.2 Å². The standard InChI is InChI=1S/C33H42N4O5/c1-20(2)15-28-27(19-36-32(41)42-33(4,5)6)30(24-11-7-22(17-34)8-12-24)26(21(3)37-28)16-29(38)35-18-23-9-13-25(14-10-23)31(39)40/h7-14,20H,15-19,34H2,1-6H3,(H,35,38)(H,36,41)(H,39,40). The van der Waals surface area contributed by atoms with Gasteiger partial charge in [0.1, 0.15) is 5.60 Å². The van der Waals surface area contributed by atoms with E-state index in [0.29, 0.717) is 18.9 Å². The van der Waals surface area contributed by atoms with Gasteiger partial charge in [-0.15, -0.1) is 0 Å². The lowest BCUT2D eigenvalue weighted by Crippen LogP contribution is -2.33. The number of hydrogen-bond donors (Lipinski definition) is 4. The van der Waals surface area contributed by atoms with E-state index in [1.54, 1.807) is 12.1 Å². The van der Waals surface area contributed by atoms with Crippen molar-refractivity contribution in [2.45, 2.75) is 79.6 Å². The van der Waals surface area contributed by atoms with Crippen LogP contribution in [0.4, 0.5) is 4.79 Å². The average molecular weight is 575 g/mol. The van der Waals surface area contributed by atoms with Gasteiger partial charge in [0.25, 0.3) is 0 Å². The van der Waals surface area contributed by atoms with Gasteiger partial charge in [0.05, 0.1) is 12.0 Å². The zero-order valence-electron chi connectivity index (χ0n) is 25.3. The smallest absolute Gasteiger partial charge is 0.407 e. The predicted octanol–water partition coefficient (Wildman–Crippen LogP) is 5.30. The molecule has 0 aliphatic rings. The largest absolute Gasteiger partial charge is 0.478 e. The fourth-order valence-electron chi connectivity index (χ4n) is 4.63. The van der Waals surface area contributed by atoms with E-state index in [0.717, 1.165) is 44.8 Å². The number of hydrogen-bond acceptors (Lipinski definition) is 6. The third kappa shape index (κ3) is 9.14. The molecule has 0 fully saturated rings. The van der Waals surface area contributed by atoms with Crippen LogP contribution >= 0.6 is 0 Å². The Balaban J connectivity index is 2.01. The Bertz CT molecular complexity index is 1410. The van der Waals surface area contributed by atoms with Crippen molar-refractivity contribution >= 4 is 18.0 Å². The third-order valence-corrected chi connectivity index (χ3v) is 6.61. The molecule has 9 heteroatoms. The number of pyridine rings is 1. The van der Waals surface area contributed by atoms with Gasteiger partial charge >= 0.3 is 12.1 Å². The van der Waals surface area contributed by atoms with Crippen molar-refractivity contribution < 1.29 is 24.2 Å². The number of ether oxygens (including phenoxy) is 1. The molecule has 5 N–H and O–H groups in total. The summed E-state index contributed by atoms with van der Waals surface area (Å²) in [5.41, 5.74) is 12.1. The van der Waals surface area contributed by atoms with E-state index < -0.39 is 17.7 Å². The molecule has 3 rings (SSSR count). The van der Waals surface area contributed by atoms with Crippen LogP contribution < -0.4 is 16.4 Å². The van der Waals surface area contributed by atoms with Gasteiger partial charge in [0, 0.05) is 36.6 Å². The molecule has 1 heterocycles. The minimum Gasteiger partial charge on any atom is -0.478 e. The molecular formula is C33H42N4O5. The predicted molar refractivity (Wildman–Crippen MR) is 163 cm³/mol. The van der Waals surface area contributed by atoms with Gasteiger partial charge in [-0.05, 0) is 80.0 Å². The summed E-state index contributed by atoms with van der Waals surface area (Å²) in [6.45, 7) is 12.4. The molecule has 0 aliphatic heterocycles. The second kappa shape index (κ2) is 14.1. The molecule has 0 unspecified atom stereocenters. The van der Waals surface area contributed by atoms with Crippen LogP contribution in [0.1, 0.15) is 78.6 Å². The SMILES string of the molecule is Cc1nc(CC(C)C)c(CNC(=O)OC(C)(C)C)c(-c2ccc(CN)cc2)c1CC(=O)NCc1ccc(C(=O)O)cc1. The second-order valence-corrected chi connectivity index (χ2v) is 11.8. The van der Waals surface area contributed by atoms with Gasteiger partial charge in [-0.25, -0.2) is 9.59 Å². The third-order valence-electron chi connectivity index (χ3n) is 6.61. The highest BCUT2D eigenvalue weighted by molar-refractivity contribution is 5.87. The van der Waals surface area contributed by atoms with E-state index in [9.17, 15) is 14.4 Å². The molecule has 0 saturated carbocycles. The van der Waals surface area contributed by atoms with E-state index in [4.69, 9.17) is 20.6 Å². The summed E-state index contributed by atoms with van der Waals surface area (Å²) in [6, 6.07) is 14.3. The van der Waals surface area contributed by atoms with Crippen LogP contribution in [0, 0.1) is 12.8 Å². The zero-order chi connectivity index (χ0) is 31.0. The van der Waals surface area contributed by atoms with Crippen LogP contribution in [0.5, 0.6) is 0 Å². The molecule has 0 bridgehead atoms. The summed E-state index contributed by atoms with van der Waals surface area (Å²) in [6.07, 6.45) is 0.233. The topological polar surface area (TPSA) is 144 Å². The van der Waals surface area contributed by atoms with Crippen molar-refractivity contribution in [3.63, 3.8) is 0 Å². The fraction of sp³-hybridized carbons (Fsp3) is 0.394. The summed E-state index contributed by atoms with van der Waals surface area (Å²) in [5, 5.41) is 15.0. The fourth-order valence-corrected chi connectivity index (χ4v) is 4.63. The number of amides is 2. The number of benzene rings is 2. The highest BCUT2D eigenvalue weighted by Gasteiger charge is 2.23. The lowest BCUT2D eigenvalue weighted by molar-refractivity contribution is -0.120. The van der Waals surface area contributed by atoms with Crippen molar-refractivity contribution in [1.82, 2.24) is 15.6 Å². The Hall–Kier alpha value is -4.24. The summed E-state index contributed by atoms with van der Waals surface area (Å²) < 4.78 is 5.49. The molecule has 42 heavy (non-hydrogen) atoms. The van der Waals surface area contributed by atoms with Crippen LogP contribution in [-0.4, -0.2) is 33.7 Å². The Morgan fingerprint density at radius 3 is 2.10 bits per heavy atom. The number of alkyl carbamates (subject to hydrolysis) is 1. The average Bonchev–Trinajstić information content (AvgIpc) is 2.91. The maximum Gasteiger partial charge on any atom is 0.407 e. The number of rotatable bonds is 11. The van der Waals surface area contributed by atoms with Crippen LogP contribution in [0.15, 0.2) is 48.5 Å². The number of nitrogens with one attached hydrogen (secondary N) is 2. The first-order chi connectivity index (χ1) is 19.8. The van der Waals surface area contributed by atoms with E-state index in [2.05, 4.69) is 24.5 Å². The summed E-state index contributed by atoms with van der Waals surface area (Å²) in [4.78, 5) is 42.0. The first-order valence-corrected chi connectivity index (χ1v) is 14.1. The van der Waals surface area contributed by atoms with Gasteiger partial charge in [0.15, 0.2) is 0 Å². The minimum atomic E-state index is -1.00. The Morgan fingerprint density at radius 1 is 0.929 bits per heavy atom. The lowest BCUT2D eigenvalue weighted by Gasteiger charge is -2.23. The molecule has 0 atom stereocenters. The highest BCUT2D eigenvalue weighted by atomic mass is 16.6. The monoisotopic (exact) mass is 574 g/mol. The molecule has 2 amide bonds. The number of carboxylic acids is 1. The molecule has 0 spiro atoms. The summed E-state index contributed by atoms with van der Waals surface area (Å²) >= 11 is 0. The van der Waals surface area contributed by atoms with Crippen molar-refractivity contribution in [2.24, 2.45) is 11.7 Å². The van der Waals surface area contributed by atoms with Crippen molar-refractivity contribution in [1.29, 1.82) is 0 Å². The van der Waals surface area contributed by atoms with E-state index in [1.165, 1.54) is 12.1 Å². The van der Waals surface area contributed by atoms with Crippen molar-refractivity contribution in [3.05, 3.63) is 87.7 Å². The van der Waals surface area contributed by atoms with Crippen molar-refractivity contribution in [3.8, 4) is 11.1 Å². The van der Waals surface area contributed by atoms with Crippen LogP contribution in [0.2, 0.25) is 0 Å². The number of carbonyl (C=O) groups excluding carboxylic acids is 2. The molecule has 0 radical (unpaired) electrons. The molecule has 9 nitrogen and oxygen atoms in total. The lowest BCUT2D eigenvalue weighted by atomic mass is 9.88. The van der Waals surface area contributed by atoms with Crippen molar-refractivity contribution in [2.75, 3.05) is 0 Å². The molecule has 2 aromatic carbocycles. The maximum absolute atomic E-state index is 13.3. The maximum atomic E-state index is 13.3. The highest BCUT2D eigenvalue weighted by Crippen LogP contribution is 2.33. The molecule has 224 valence electrons. The quantitative estimate of drug-likeness (QED) is 0.243. The minimum absolute atomic E-state index is 0.0708. The van der Waals surface area contributed by atoms with Gasteiger partial charge in [0.2, 0.25) is 5.91 Å². The molecule has 1 aromatic heterocycles. The Kier molecular flexibility index (Phi) is 10.8. The number of aromatic nitrogens is 1. The van der Waals surface area contributed by atoms with Crippen LogP contribution in [0.3, 0.4) is 0 Å². The number of nitrogens with two attached hydrogens (primary N) is 1. The van der Waals surface area contributed by atoms with Gasteiger partial charge in [-0.3, -0.25) is 9.78 Å². The Morgan fingerprint density at radius 2 is 1.55 bits per heavy atom. The first-order valence-electron chi connectivity index (χ1n) is 14.1. The first kappa shape index (κ1) is 32.3. The summed E-state index contributed by atoms with van der Waals surface area (Å²) in [7, 11) is 0. The van der Waals surface area contributed by atoms with Gasteiger partial charge in [-0.2, -0.15) is 0 Å². The Labute approximate surface area is 247 Å².